The Kier molecular flexibility index (Phi) is 5.44. The third-order valence-corrected chi connectivity index (χ3v) is 4.25. The van der Waals surface area contributed by atoms with Crippen molar-refractivity contribution in [2.45, 2.75) is 25.7 Å². The van der Waals surface area contributed by atoms with Gasteiger partial charge in [0.25, 0.3) is 0 Å². The minimum atomic E-state index is -0.0490. The summed E-state index contributed by atoms with van der Waals surface area (Å²) in [6.07, 6.45) is 3.25. The molecule has 0 aromatic carbocycles. The molecule has 2 rings (SSSR count). The number of thiophene rings is 1. The third kappa shape index (κ3) is 4.70. The minimum absolute atomic E-state index is 0.0490. The summed E-state index contributed by atoms with van der Waals surface area (Å²) in [5.41, 5.74) is 5.44. The Morgan fingerprint density at radius 1 is 1.37 bits per heavy atom. The van der Waals surface area contributed by atoms with Gasteiger partial charge < -0.3 is 11.1 Å². The predicted octanol–water partition coefficient (Wildman–Crippen LogP) is 2.06. The molecule has 0 spiro atoms. The molecule has 0 saturated heterocycles. The van der Waals surface area contributed by atoms with Gasteiger partial charge >= 0.3 is 0 Å². The van der Waals surface area contributed by atoms with E-state index in [0.29, 0.717) is 18.1 Å². The normalized spacial score (nSPS) is 10.6. The Hall–Kier alpha value is -1.31. The molecule has 0 atom stereocenters. The number of aryl methyl sites for hydroxylation is 1. The molecule has 19 heavy (non-hydrogen) atoms. The maximum Gasteiger partial charge on any atom is 0.231 e. The molecule has 2 heterocycles. The van der Waals surface area contributed by atoms with Crippen LogP contribution in [0.4, 0.5) is 5.13 Å². The Labute approximate surface area is 119 Å². The Bertz CT molecular complexity index is 510. The van der Waals surface area contributed by atoms with Crippen LogP contribution in [0.25, 0.3) is 0 Å². The number of hydrogen-bond acceptors (Lipinski definition) is 6. The van der Waals surface area contributed by atoms with E-state index < -0.39 is 0 Å². The van der Waals surface area contributed by atoms with E-state index in [4.69, 9.17) is 5.73 Å². The highest BCUT2D eigenvalue weighted by atomic mass is 32.1. The monoisotopic (exact) mass is 296 g/mol. The molecule has 3 N–H and O–H groups in total. The molecule has 0 aliphatic carbocycles. The molecule has 2 aromatic rings. The van der Waals surface area contributed by atoms with Gasteiger partial charge in [0.05, 0.1) is 6.42 Å². The number of unbranched alkanes of at least 4 members (excludes halogenated alkanes) is 1. The van der Waals surface area contributed by atoms with Gasteiger partial charge in [-0.3, -0.25) is 4.79 Å². The van der Waals surface area contributed by atoms with E-state index in [-0.39, 0.29) is 5.91 Å². The summed E-state index contributed by atoms with van der Waals surface area (Å²) in [6.45, 7) is 0.698. The summed E-state index contributed by atoms with van der Waals surface area (Å²) in [4.78, 5) is 12.8. The van der Waals surface area contributed by atoms with Crippen molar-refractivity contribution >= 4 is 33.7 Å². The molecule has 2 aromatic heterocycles. The van der Waals surface area contributed by atoms with Crippen molar-refractivity contribution in [1.82, 2.24) is 10.2 Å². The minimum Gasteiger partial charge on any atom is -0.330 e. The average molecular weight is 296 g/mol. The van der Waals surface area contributed by atoms with Gasteiger partial charge in [-0.15, -0.1) is 21.5 Å². The van der Waals surface area contributed by atoms with Crippen LogP contribution in [-0.4, -0.2) is 22.6 Å². The van der Waals surface area contributed by atoms with E-state index in [1.165, 1.54) is 11.3 Å². The molecule has 0 aliphatic heterocycles. The van der Waals surface area contributed by atoms with E-state index in [0.717, 1.165) is 29.1 Å². The van der Waals surface area contributed by atoms with E-state index in [9.17, 15) is 4.79 Å². The van der Waals surface area contributed by atoms with E-state index in [2.05, 4.69) is 15.5 Å². The van der Waals surface area contributed by atoms with Crippen molar-refractivity contribution in [3.8, 4) is 0 Å². The molecule has 1 amide bonds. The molecule has 0 unspecified atom stereocenters. The number of nitrogens with two attached hydrogens (primary N) is 1. The maximum atomic E-state index is 11.8. The van der Waals surface area contributed by atoms with Gasteiger partial charge in [0.1, 0.15) is 5.01 Å². The summed E-state index contributed by atoms with van der Waals surface area (Å²) < 4.78 is 0. The first-order valence-electron chi connectivity index (χ1n) is 6.12. The lowest BCUT2D eigenvalue weighted by molar-refractivity contribution is -0.115. The van der Waals surface area contributed by atoms with Gasteiger partial charge in [0, 0.05) is 11.3 Å². The van der Waals surface area contributed by atoms with Gasteiger partial charge in [-0.25, -0.2) is 0 Å². The van der Waals surface area contributed by atoms with Gasteiger partial charge in [0.15, 0.2) is 0 Å². The number of carbonyl (C=O) groups excluding carboxylic acids is 1. The quantitative estimate of drug-likeness (QED) is 0.766. The Balaban J connectivity index is 1.80. The van der Waals surface area contributed by atoms with Gasteiger partial charge in [0.2, 0.25) is 11.0 Å². The van der Waals surface area contributed by atoms with Crippen LogP contribution >= 0.6 is 22.7 Å². The number of nitrogens with one attached hydrogen (secondary N) is 1. The van der Waals surface area contributed by atoms with Gasteiger partial charge in [-0.1, -0.05) is 17.4 Å². The lowest BCUT2D eigenvalue weighted by Gasteiger charge is -1.98. The molecule has 0 aliphatic rings. The van der Waals surface area contributed by atoms with Gasteiger partial charge in [-0.05, 0) is 30.8 Å². The second kappa shape index (κ2) is 7.32. The fraction of sp³-hybridized carbons (Fsp3) is 0.417. The first-order valence-corrected chi connectivity index (χ1v) is 7.82. The smallest absolute Gasteiger partial charge is 0.231 e. The van der Waals surface area contributed by atoms with Crippen LogP contribution < -0.4 is 11.1 Å². The summed E-state index contributed by atoms with van der Waals surface area (Å²) in [7, 11) is 0. The fourth-order valence-electron chi connectivity index (χ4n) is 1.56. The van der Waals surface area contributed by atoms with Crippen molar-refractivity contribution in [3.63, 3.8) is 0 Å². The van der Waals surface area contributed by atoms with Crippen LogP contribution in [-0.2, 0) is 17.6 Å². The summed E-state index contributed by atoms with van der Waals surface area (Å²) in [5, 5.41) is 14.3. The summed E-state index contributed by atoms with van der Waals surface area (Å²) in [5.74, 6) is -0.0490. The Morgan fingerprint density at radius 2 is 2.26 bits per heavy atom. The zero-order valence-corrected chi connectivity index (χ0v) is 12.1. The number of aromatic nitrogens is 2. The highest BCUT2D eigenvalue weighted by Gasteiger charge is 2.09. The van der Waals surface area contributed by atoms with Crippen molar-refractivity contribution in [1.29, 1.82) is 0 Å². The maximum absolute atomic E-state index is 11.8. The molecule has 7 heteroatoms. The summed E-state index contributed by atoms with van der Waals surface area (Å²) in [6, 6.07) is 3.89. The number of carbonyl (C=O) groups is 1. The second-order valence-corrected chi connectivity index (χ2v) is 6.15. The van der Waals surface area contributed by atoms with Crippen LogP contribution in [0.5, 0.6) is 0 Å². The zero-order valence-electron chi connectivity index (χ0n) is 10.5. The molecule has 102 valence electrons. The van der Waals surface area contributed by atoms with Crippen LogP contribution in [0, 0.1) is 0 Å². The standard InChI is InChI=1S/C12H16N4OS2/c13-6-2-1-5-11-15-16-12(19-11)14-10(17)8-9-4-3-7-18-9/h3-4,7H,1-2,5-6,8,13H2,(H,14,16,17). The molecule has 0 radical (unpaired) electrons. The first-order chi connectivity index (χ1) is 9.28. The van der Waals surface area contributed by atoms with Crippen molar-refractivity contribution < 1.29 is 4.79 Å². The van der Waals surface area contributed by atoms with Crippen molar-refractivity contribution in [3.05, 3.63) is 27.4 Å². The highest BCUT2D eigenvalue weighted by Crippen LogP contribution is 2.18. The molecular weight excluding hydrogens is 280 g/mol. The topological polar surface area (TPSA) is 80.9 Å². The van der Waals surface area contributed by atoms with Crippen LogP contribution in [0.1, 0.15) is 22.7 Å². The molecule has 0 saturated carbocycles. The average Bonchev–Trinajstić information content (AvgIpc) is 3.02. The lowest BCUT2D eigenvalue weighted by atomic mass is 10.2. The fourth-order valence-corrected chi connectivity index (χ4v) is 3.06. The second-order valence-electron chi connectivity index (χ2n) is 4.05. The highest BCUT2D eigenvalue weighted by molar-refractivity contribution is 7.15. The van der Waals surface area contributed by atoms with Crippen molar-refractivity contribution in [2.24, 2.45) is 5.73 Å². The van der Waals surface area contributed by atoms with Crippen molar-refractivity contribution in [2.75, 3.05) is 11.9 Å². The molecule has 0 fully saturated rings. The lowest BCUT2D eigenvalue weighted by Crippen LogP contribution is -2.13. The first kappa shape index (κ1) is 14.1. The van der Waals surface area contributed by atoms with Gasteiger partial charge in [-0.2, -0.15) is 0 Å². The number of hydrogen-bond donors (Lipinski definition) is 2. The molecule has 5 nitrogen and oxygen atoms in total. The molecular formula is C12H16N4OS2. The van der Waals surface area contributed by atoms with E-state index in [1.807, 2.05) is 17.5 Å². The number of nitrogens with zero attached hydrogens (tertiary/aromatic N) is 2. The largest absolute Gasteiger partial charge is 0.330 e. The third-order valence-electron chi connectivity index (χ3n) is 2.47. The van der Waals surface area contributed by atoms with E-state index in [1.54, 1.807) is 11.3 Å². The van der Waals surface area contributed by atoms with E-state index >= 15 is 0 Å². The van der Waals surface area contributed by atoms with Crippen LogP contribution in [0.2, 0.25) is 0 Å². The number of anilines is 1. The predicted molar refractivity (Wildman–Crippen MR) is 78.6 cm³/mol. The SMILES string of the molecule is NCCCCc1nnc(NC(=O)Cc2cccs2)s1. The Morgan fingerprint density at radius 3 is 3.00 bits per heavy atom. The van der Waals surface area contributed by atoms with Crippen LogP contribution in [0.3, 0.4) is 0 Å². The molecule has 0 bridgehead atoms. The van der Waals surface area contributed by atoms with Crippen LogP contribution in [0.15, 0.2) is 17.5 Å². The number of rotatable bonds is 7. The summed E-state index contributed by atoms with van der Waals surface area (Å²) >= 11 is 3.01. The zero-order chi connectivity index (χ0) is 13.5. The number of amides is 1.